The number of hydrogen-bond acceptors (Lipinski definition) is 6. The van der Waals surface area contributed by atoms with Crippen molar-refractivity contribution in [2.24, 2.45) is 0 Å². The number of anilines is 1. The fraction of sp³-hybridized carbons (Fsp3) is 0.385. The van der Waals surface area contributed by atoms with Gasteiger partial charge in [-0.1, -0.05) is 0 Å². The highest BCUT2D eigenvalue weighted by molar-refractivity contribution is 5.53. The zero-order valence-corrected chi connectivity index (χ0v) is 11.0. The highest BCUT2D eigenvalue weighted by Gasteiger charge is 2.29. The lowest BCUT2D eigenvalue weighted by molar-refractivity contribution is -0.385. The Kier molecular flexibility index (Phi) is 3.09. The molecule has 0 bridgehead atoms. The molecular formula is C13H14N4O3. The van der Waals surface area contributed by atoms with E-state index in [1.54, 1.807) is 19.1 Å². The Bertz CT molecular complexity index is 649. The van der Waals surface area contributed by atoms with Crippen LogP contribution in [-0.4, -0.2) is 15.1 Å². The summed E-state index contributed by atoms with van der Waals surface area (Å²) in [6.45, 7) is 2.12. The highest BCUT2D eigenvalue weighted by Crippen LogP contribution is 2.39. The summed E-state index contributed by atoms with van der Waals surface area (Å²) >= 11 is 0. The number of nitrogens with zero attached hydrogens (tertiary/aromatic N) is 3. The summed E-state index contributed by atoms with van der Waals surface area (Å²) in [4.78, 5) is 10.3. The van der Waals surface area contributed by atoms with E-state index in [1.807, 2.05) is 0 Å². The molecule has 1 N–H and O–H groups in total. The number of aryl methyl sites for hydroxylation is 1. The minimum Gasteiger partial charge on any atom is -0.423 e. The van der Waals surface area contributed by atoms with Crippen LogP contribution >= 0.6 is 0 Å². The van der Waals surface area contributed by atoms with Crippen molar-refractivity contribution in [3.05, 3.63) is 45.7 Å². The van der Waals surface area contributed by atoms with Crippen molar-refractivity contribution in [1.29, 1.82) is 0 Å². The van der Waals surface area contributed by atoms with E-state index in [-0.39, 0.29) is 10.6 Å². The van der Waals surface area contributed by atoms with Gasteiger partial charge in [0, 0.05) is 23.2 Å². The van der Waals surface area contributed by atoms with Crippen molar-refractivity contribution in [3.63, 3.8) is 0 Å². The molecule has 0 unspecified atom stereocenters. The molecule has 0 saturated heterocycles. The Morgan fingerprint density at radius 2 is 2.25 bits per heavy atom. The molecule has 3 rings (SSSR count). The van der Waals surface area contributed by atoms with Gasteiger partial charge in [0.25, 0.3) is 5.69 Å². The van der Waals surface area contributed by atoms with Gasteiger partial charge in [-0.3, -0.25) is 10.1 Å². The summed E-state index contributed by atoms with van der Waals surface area (Å²) in [6.07, 6.45) is 2.24. The van der Waals surface area contributed by atoms with E-state index in [1.165, 1.54) is 6.07 Å². The summed E-state index contributed by atoms with van der Waals surface area (Å²) in [6, 6.07) is 4.89. The number of rotatable bonds is 5. The van der Waals surface area contributed by atoms with E-state index in [0.717, 1.165) is 18.5 Å². The number of nitro groups is 1. The normalized spacial score (nSPS) is 14.2. The van der Waals surface area contributed by atoms with E-state index in [9.17, 15) is 10.1 Å². The van der Waals surface area contributed by atoms with Crippen LogP contribution in [-0.2, 0) is 6.54 Å². The summed E-state index contributed by atoms with van der Waals surface area (Å²) < 4.78 is 5.53. The predicted molar refractivity (Wildman–Crippen MR) is 71.4 cm³/mol. The SMILES string of the molecule is Cc1cc(NCc2nnc(C3CC3)o2)ccc1[N+](=O)[O-]. The van der Waals surface area contributed by atoms with E-state index < -0.39 is 0 Å². The van der Waals surface area contributed by atoms with Crippen LogP contribution in [0, 0.1) is 17.0 Å². The van der Waals surface area contributed by atoms with Crippen LogP contribution in [0.3, 0.4) is 0 Å². The van der Waals surface area contributed by atoms with Crippen LogP contribution in [0.5, 0.6) is 0 Å². The van der Waals surface area contributed by atoms with Crippen LogP contribution in [0.2, 0.25) is 0 Å². The lowest BCUT2D eigenvalue weighted by atomic mass is 10.2. The van der Waals surface area contributed by atoms with Gasteiger partial charge in [-0.25, -0.2) is 0 Å². The van der Waals surface area contributed by atoms with Gasteiger partial charge in [-0.05, 0) is 31.9 Å². The largest absolute Gasteiger partial charge is 0.423 e. The van der Waals surface area contributed by atoms with Gasteiger partial charge in [0.1, 0.15) is 0 Å². The molecule has 0 radical (unpaired) electrons. The van der Waals surface area contributed by atoms with Crippen LogP contribution in [0.4, 0.5) is 11.4 Å². The first-order valence-electron chi connectivity index (χ1n) is 6.44. The number of nitrogens with one attached hydrogen (secondary N) is 1. The molecule has 1 aromatic carbocycles. The van der Waals surface area contributed by atoms with Gasteiger partial charge in [0.2, 0.25) is 11.8 Å². The van der Waals surface area contributed by atoms with E-state index in [4.69, 9.17) is 4.42 Å². The summed E-state index contributed by atoms with van der Waals surface area (Å²) in [7, 11) is 0. The second-order valence-electron chi connectivity index (χ2n) is 4.92. The van der Waals surface area contributed by atoms with E-state index in [2.05, 4.69) is 15.5 Å². The van der Waals surface area contributed by atoms with Gasteiger partial charge in [-0.2, -0.15) is 0 Å². The molecule has 0 aliphatic heterocycles. The molecule has 2 aromatic rings. The third kappa shape index (κ3) is 2.61. The topological polar surface area (TPSA) is 94.1 Å². The van der Waals surface area contributed by atoms with Crippen molar-refractivity contribution in [2.75, 3.05) is 5.32 Å². The quantitative estimate of drug-likeness (QED) is 0.665. The first-order chi connectivity index (χ1) is 9.63. The number of benzene rings is 1. The fourth-order valence-corrected chi connectivity index (χ4v) is 1.98. The van der Waals surface area contributed by atoms with Crippen LogP contribution in [0.1, 0.15) is 36.1 Å². The number of hydrogen-bond donors (Lipinski definition) is 1. The second kappa shape index (κ2) is 4.92. The molecule has 7 nitrogen and oxygen atoms in total. The van der Waals surface area contributed by atoms with Crippen molar-refractivity contribution >= 4 is 11.4 Å². The Balaban J connectivity index is 1.65. The molecule has 1 saturated carbocycles. The number of nitro benzene ring substituents is 1. The van der Waals surface area contributed by atoms with Gasteiger partial charge in [-0.15, -0.1) is 10.2 Å². The third-order valence-electron chi connectivity index (χ3n) is 3.25. The molecular weight excluding hydrogens is 260 g/mol. The maximum Gasteiger partial charge on any atom is 0.272 e. The molecule has 1 heterocycles. The molecule has 20 heavy (non-hydrogen) atoms. The Labute approximate surface area is 115 Å². The Hall–Kier alpha value is -2.44. The molecule has 1 aromatic heterocycles. The first-order valence-corrected chi connectivity index (χ1v) is 6.44. The smallest absolute Gasteiger partial charge is 0.272 e. The predicted octanol–water partition coefficient (Wildman–Crippen LogP) is 2.78. The molecule has 7 heteroatoms. The minimum atomic E-state index is -0.390. The van der Waals surface area contributed by atoms with Crippen molar-refractivity contribution in [1.82, 2.24) is 10.2 Å². The van der Waals surface area contributed by atoms with E-state index in [0.29, 0.717) is 29.8 Å². The second-order valence-corrected chi connectivity index (χ2v) is 4.92. The van der Waals surface area contributed by atoms with Gasteiger partial charge in [0.05, 0.1) is 11.5 Å². The molecule has 0 spiro atoms. The Morgan fingerprint density at radius 1 is 1.45 bits per heavy atom. The molecule has 0 amide bonds. The summed E-state index contributed by atoms with van der Waals surface area (Å²) in [5.74, 6) is 1.68. The van der Waals surface area contributed by atoms with Crippen LogP contribution in [0.15, 0.2) is 22.6 Å². The van der Waals surface area contributed by atoms with E-state index >= 15 is 0 Å². The monoisotopic (exact) mass is 274 g/mol. The van der Waals surface area contributed by atoms with Crippen molar-refractivity contribution in [2.45, 2.75) is 32.2 Å². The van der Waals surface area contributed by atoms with Gasteiger partial charge < -0.3 is 9.73 Å². The standard InChI is InChI=1S/C13H14N4O3/c1-8-6-10(4-5-11(8)17(18)19)14-7-12-15-16-13(20-12)9-2-3-9/h4-6,9,14H,2-3,7H2,1H3. The van der Waals surface area contributed by atoms with Crippen molar-refractivity contribution < 1.29 is 9.34 Å². The van der Waals surface area contributed by atoms with Crippen LogP contribution < -0.4 is 5.32 Å². The minimum absolute atomic E-state index is 0.115. The average molecular weight is 274 g/mol. The summed E-state index contributed by atoms with van der Waals surface area (Å²) in [5, 5.41) is 21.8. The van der Waals surface area contributed by atoms with Gasteiger partial charge in [0.15, 0.2) is 0 Å². The zero-order valence-electron chi connectivity index (χ0n) is 11.0. The first kappa shape index (κ1) is 12.6. The lowest BCUT2D eigenvalue weighted by Gasteiger charge is -2.04. The maximum atomic E-state index is 10.7. The molecule has 1 aliphatic rings. The van der Waals surface area contributed by atoms with Gasteiger partial charge >= 0.3 is 0 Å². The third-order valence-corrected chi connectivity index (χ3v) is 3.25. The molecule has 1 fully saturated rings. The summed E-state index contributed by atoms with van der Waals surface area (Å²) in [5.41, 5.74) is 1.52. The Morgan fingerprint density at radius 3 is 2.90 bits per heavy atom. The molecule has 0 atom stereocenters. The molecule has 1 aliphatic carbocycles. The fourth-order valence-electron chi connectivity index (χ4n) is 1.98. The van der Waals surface area contributed by atoms with Crippen LogP contribution in [0.25, 0.3) is 0 Å². The zero-order chi connectivity index (χ0) is 14.1. The molecule has 104 valence electrons. The number of aromatic nitrogens is 2. The highest BCUT2D eigenvalue weighted by atomic mass is 16.6. The maximum absolute atomic E-state index is 10.7. The average Bonchev–Trinajstić information content (AvgIpc) is 3.15. The van der Waals surface area contributed by atoms with Crippen molar-refractivity contribution in [3.8, 4) is 0 Å². The lowest BCUT2D eigenvalue weighted by Crippen LogP contribution is -2.01.